The normalized spacial score (nSPS) is 13.0. The van der Waals surface area contributed by atoms with Crippen LogP contribution in [0.2, 0.25) is 0 Å². The second kappa shape index (κ2) is 10.2. The molecule has 0 heteroatoms. The van der Waals surface area contributed by atoms with Crippen molar-refractivity contribution >= 4 is 0 Å². The molecule has 2 unspecified atom stereocenters. The molecule has 0 heterocycles. The third-order valence-corrected chi connectivity index (χ3v) is 4.08. The molecular formula is C21H30. The first-order chi connectivity index (χ1) is 10.3. The Morgan fingerprint density at radius 3 is 1.67 bits per heavy atom. The van der Waals surface area contributed by atoms with E-state index in [1.807, 2.05) is 13.8 Å². The van der Waals surface area contributed by atoms with Crippen molar-refractivity contribution in [3.05, 3.63) is 71.8 Å². The molecule has 0 saturated heterocycles. The molecule has 0 amide bonds. The van der Waals surface area contributed by atoms with Crippen LogP contribution in [-0.4, -0.2) is 0 Å². The average molecular weight is 282 g/mol. The first-order valence-electron chi connectivity index (χ1n) is 8.41. The zero-order valence-electron chi connectivity index (χ0n) is 14.0. The highest BCUT2D eigenvalue weighted by Crippen LogP contribution is 2.29. The lowest BCUT2D eigenvalue weighted by Gasteiger charge is -2.18. The van der Waals surface area contributed by atoms with Crippen LogP contribution in [0.25, 0.3) is 0 Å². The topological polar surface area (TPSA) is 0 Å². The van der Waals surface area contributed by atoms with Gasteiger partial charge < -0.3 is 0 Å². The van der Waals surface area contributed by atoms with E-state index in [4.69, 9.17) is 0 Å². The molecule has 0 fully saturated rings. The van der Waals surface area contributed by atoms with E-state index < -0.39 is 0 Å². The second-order valence-electron chi connectivity index (χ2n) is 5.40. The molecule has 0 aromatic heterocycles. The molecule has 0 nitrogen and oxygen atoms in total. The fourth-order valence-electron chi connectivity index (χ4n) is 2.73. The summed E-state index contributed by atoms with van der Waals surface area (Å²) in [6.45, 7) is 8.64. The molecule has 114 valence electrons. The van der Waals surface area contributed by atoms with Crippen molar-refractivity contribution in [3.8, 4) is 0 Å². The van der Waals surface area contributed by atoms with Gasteiger partial charge in [-0.25, -0.2) is 0 Å². The zero-order chi connectivity index (χ0) is 15.5. The third kappa shape index (κ3) is 5.75. The fourth-order valence-corrected chi connectivity index (χ4v) is 2.73. The maximum atomic E-state index is 2.34. The van der Waals surface area contributed by atoms with Crippen LogP contribution in [0.3, 0.4) is 0 Å². The van der Waals surface area contributed by atoms with Crippen molar-refractivity contribution in [3.63, 3.8) is 0 Å². The highest BCUT2D eigenvalue weighted by molar-refractivity contribution is 5.21. The molecule has 0 saturated carbocycles. The summed E-state index contributed by atoms with van der Waals surface area (Å²) >= 11 is 0. The highest BCUT2D eigenvalue weighted by Gasteiger charge is 2.12. The Hall–Kier alpha value is -1.56. The highest BCUT2D eigenvalue weighted by atomic mass is 14.2. The fraction of sp³-hybridized carbons (Fsp3) is 0.429. The van der Waals surface area contributed by atoms with Crippen molar-refractivity contribution in [2.75, 3.05) is 0 Å². The maximum Gasteiger partial charge on any atom is -0.0164 e. The molecule has 0 bridgehead atoms. The number of hydrogen-bond acceptors (Lipinski definition) is 0. The summed E-state index contributed by atoms with van der Waals surface area (Å²) in [5.74, 6) is 1.35. The van der Waals surface area contributed by atoms with Gasteiger partial charge in [-0.15, -0.1) is 0 Å². The maximum absolute atomic E-state index is 2.34. The van der Waals surface area contributed by atoms with Crippen LogP contribution in [-0.2, 0) is 0 Å². The van der Waals surface area contributed by atoms with Crippen molar-refractivity contribution in [1.29, 1.82) is 0 Å². The summed E-state index contributed by atoms with van der Waals surface area (Å²) in [4.78, 5) is 0. The van der Waals surface area contributed by atoms with E-state index in [0.717, 1.165) is 0 Å². The van der Waals surface area contributed by atoms with Crippen molar-refractivity contribution in [2.45, 2.75) is 58.8 Å². The number of hydrogen-bond donors (Lipinski definition) is 0. The average Bonchev–Trinajstić information content (AvgIpc) is 2.59. The first kappa shape index (κ1) is 17.5. The molecular weight excluding hydrogens is 252 g/mol. The van der Waals surface area contributed by atoms with Gasteiger partial charge in [0.15, 0.2) is 0 Å². The monoisotopic (exact) mass is 282 g/mol. The van der Waals surface area contributed by atoms with Crippen LogP contribution < -0.4 is 0 Å². The lowest BCUT2D eigenvalue weighted by atomic mass is 9.87. The molecule has 0 N–H and O–H groups in total. The third-order valence-electron chi connectivity index (χ3n) is 4.08. The van der Waals surface area contributed by atoms with Gasteiger partial charge in [0.2, 0.25) is 0 Å². The quantitative estimate of drug-likeness (QED) is 0.547. The summed E-state index contributed by atoms with van der Waals surface area (Å²) in [5.41, 5.74) is 2.95. The molecule has 2 rings (SSSR count). The molecule has 0 aliphatic carbocycles. The molecule has 0 spiro atoms. The summed E-state index contributed by atoms with van der Waals surface area (Å²) in [6, 6.07) is 21.8. The van der Waals surface area contributed by atoms with Gasteiger partial charge in [0.1, 0.15) is 0 Å². The lowest BCUT2D eigenvalue weighted by molar-refractivity contribution is 0.535. The van der Waals surface area contributed by atoms with Gasteiger partial charge in [0.05, 0.1) is 0 Å². The Morgan fingerprint density at radius 1 is 0.714 bits per heavy atom. The van der Waals surface area contributed by atoms with Crippen LogP contribution in [0.4, 0.5) is 0 Å². The van der Waals surface area contributed by atoms with E-state index in [1.54, 1.807) is 0 Å². The standard InChI is InChI=1S/C19H24.C2H6/c1-3-17(19-12-8-5-9-13-19)15-14-16(2)18-10-6-4-7-11-18;1-2/h4-13,16-17H,3,14-15H2,1-2H3;1-2H3. The Kier molecular flexibility index (Phi) is 8.50. The van der Waals surface area contributed by atoms with Crippen LogP contribution >= 0.6 is 0 Å². The summed E-state index contributed by atoms with van der Waals surface area (Å²) in [7, 11) is 0. The molecule has 2 aromatic rings. The van der Waals surface area contributed by atoms with E-state index in [1.165, 1.54) is 30.4 Å². The second-order valence-corrected chi connectivity index (χ2v) is 5.40. The van der Waals surface area contributed by atoms with Crippen LogP contribution in [0.5, 0.6) is 0 Å². The van der Waals surface area contributed by atoms with Gasteiger partial charge in [0, 0.05) is 0 Å². The first-order valence-corrected chi connectivity index (χ1v) is 8.41. The number of rotatable bonds is 6. The predicted molar refractivity (Wildman–Crippen MR) is 94.9 cm³/mol. The van der Waals surface area contributed by atoms with Gasteiger partial charge >= 0.3 is 0 Å². The minimum atomic E-state index is 0.652. The molecule has 0 aliphatic heterocycles. The van der Waals surface area contributed by atoms with Crippen molar-refractivity contribution in [2.24, 2.45) is 0 Å². The minimum absolute atomic E-state index is 0.652. The largest absolute Gasteiger partial charge is 0.0683 e. The number of benzene rings is 2. The van der Waals surface area contributed by atoms with Gasteiger partial charge in [0.25, 0.3) is 0 Å². The lowest BCUT2D eigenvalue weighted by Crippen LogP contribution is -2.01. The summed E-state index contributed by atoms with van der Waals surface area (Å²) in [6.07, 6.45) is 3.76. The van der Waals surface area contributed by atoms with Crippen molar-refractivity contribution in [1.82, 2.24) is 0 Å². The summed E-state index contributed by atoms with van der Waals surface area (Å²) < 4.78 is 0. The van der Waals surface area contributed by atoms with E-state index in [0.29, 0.717) is 11.8 Å². The van der Waals surface area contributed by atoms with Gasteiger partial charge in [-0.05, 0) is 42.2 Å². The molecule has 21 heavy (non-hydrogen) atoms. The van der Waals surface area contributed by atoms with E-state index in [2.05, 4.69) is 74.5 Å². The Balaban J connectivity index is 0.00000106. The zero-order valence-corrected chi connectivity index (χ0v) is 14.0. The Bertz CT molecular complexity index is 458. The summed E-state index contributed by atoms with van der Waals surface area (Å²) in [5, 5.41) is 0. The van der Waals surface area contributed by atoms with Crippen molar-refractivity contribution < 1.29 is 0 Å². The van der Waals surface area contributed by atoms with E-state index >= 15 is 0 Å². The molecule has 0 radical (unpaired) electrons. The van der Waals surface area contributed by atoms with Gasteiger partial charge in [-0.2, -0.15) is 0 Å². The minimum Gasteiger partial charge on any atom is -0.0683 e. The molecule has 0 aliphatic rings. The van der Waals surface area contributed by atoms with E-state index in [-0.39, 0.29) is 0 Å². The van der Waals surface area contributed by atoms with Crippen LogP contribution in [0.15, 0.2) is 60.7 Å². The van der Waals surface area contributed by atoms with Gasteiger partial charge in [-0.1, -0.05) is 88.4 Å². The Labute approximate surface area is 131 Å². The van der Waals surface area contributed by atoms with Crippen LogP contribution in [0, 0.1) is 0 Å². The van der Waals surface area contributed by atoms with Gasteiger partial charge in [-0.3, -0.25) is 0 Å². The molecule has 2 aromatic carbocycles. The molecule has 2 atom stereocenters. The predicted octanol–water partition coefficient (Wildman–Crippen LogP) is 6.79. The Morgan fingerprint density at radius 2 is 1.19 bits per heavy atom. The SMILES string of the molecule is CC.CCC(CCC(C)c1ccccc1)c1ccccc1. The van der Waals surface area contributed by atoms with Crippen LogP contribution in [0.1, 0.15) is 69.9 Å². The smallest absolute Gasteiger partial charge is 0.0164 e. The van der Waals surface area contributed by atoms with E-state index in [9.17, 15) is 0 Å².